The van der Waals surface area contributed by atoms with Crippen molar-refractivity contribution in [3.05, 3.63) is 0 Å². The third-order valence-corrected chi connectivity index (χ3v) is 4.87. The van der Waals surface area contributed by atoms with Crippen LogP contribution in [0.5, 0.6) is 0 Å². The number of nitrogens with zero attached hydrogens (tertiary/aromatic N) is 1. The summed E-state index contributed by atoms with van der Waals surface area (Å²) in [6, 6.07) is 2.35. The summed E-state index contributed by atoms with van der Waals surface area (Å²) in [5.74, 6) is 1.03. The molecule has 0 aromatic rings. The van der Waals surface area contributed by atoms with E-state index in [2.05, 4.69) is 31.0 Å². The van der Waals surface area contributed by atoms with Gasteiger partial charge in [-0.05, 0) is 58.5 Å². The number of rotatable bonds is 5. The maximum Gasteiger partial charge on any atom is 0.0127 e. The minimum atomic E-state index is 0.664. The Morgan fingerprint density at radius 2 is 1.94 bits per heavy atom. The lowest BCUT2D eigenvalue weighted by Crippen LogP contribution is -2.43. The van der Waals surface area contributed by atoms with Gasteiger partial charge >= 0.3 is 0 Å². The Morgan fingerprint density at radius 1 is 1.18 bits per heavy atom. The van der Waals surface area contributed by atoms with Gasteiger partial charge in [-0.2, -0.15) is 0 Å². The van der Waals surface area contributed by atoms with Crippen LogP contribution in [0.3, 0.4) is 0 Å². The predicted molar refractivity (Wildman–Crippen MR) is 74.3 cm³/mol. The second-order valence-corrected chi connectivity index (χ2v) is 6.18. The van der Waals surface area contributed by atoms with Gasteiger partial charge in [0.05, 0.1) is 0 Å². The van der Waals surface area contributed by atoms with Crippen molar-refractivity contribution in [3.8, 4) is 0 Å². The summed E-state index contributed by atoms with van der Waals surface area (Å²) >= 11 is 0. The predicted octanol–water partition coefficient (Wildman–Crippen LogP) is 3.03. The molecule has 1 saturated heterocycles. The molecule has 2 nitrogen and oxygen atoms in total. The maximum absolute atomic E-state index is 3.55. The monoisotopic (exact) mass is 238 g/mol. The third-order valence-electron chi connectivity index (χ3n) is 4.87. The number of fused-ring (bicyclic) bond motifs is 1. The Morgan fingerprint density at radius 3 is 2.71 bits per heavy atom. The van der Waals surface area contributed by atoms with Crippen molar-refractivity contribution in [1.82, 2.24) is 10.2 Å². The van der Waals surface area contributed by atoms with Crippen LogP contribution in [-0.2, 0) is 0 Å². The van der Waals surface area contributed by atoms with Gasteiger partial charge in [0.25, 0.3) is 0 Å². The normalized spacial score (nSPS) is 33.4. The van der Waals surface area contributed by atoms with Crippen LogP contribution in [0.4, 0.5) is 0 Å². The van der Waals surface area contributed by atoms with E-state index in [0.29, 0.717) is 6.04 Å². The highest BCUT2D eigenvalue weighted by molar-refractivity contribution is 4.92. The van der Waals surface area contributed by atoms with E-state index in [-0.39, 0.29) is 0 Å². The minimum absolute atomic E-state index is 0.664. The largest absolute Gasteiger partial charge is 0.314 e. The molecule has 4 unspecified atom stereocenters. The van der Waals surface area contributed by atoms with E-state index in [1.807, 2.05) is 0 Å². The number of hydrogen-bond donors (Lipinski definition) is 1. The molecule has 0 bridgehead atoms. The van der Waals surface area contributed by atoms with E-state index in [1.165, 1.54) is 45.1 Å². The second kappa shape index (κ2) is 6.19. The quantitative estimate of drug-likeness (QED) is 0.792. The maximum atomic E-state index is 3.55. The van der Waals surface area contributed by atoms with Crippen LogP contribution in [0.2, 0.25) is 0 Å². The van der Waals surface area contributed by atoms with Crippen molar-refractivity contribution in [2.45, 2.75) is 77.4 Å². The molecule has 1 saturated carbocycles. The fraction of sp³-hybridized carbons (Fsp3) is 1.00. The molecule has 0 spiro atoms. The van der Waals surface area contributed by atoms with Gasteiger partial charge in [0.15, 0.2) is 0 Å². The van der Waals surface area contributed by atoms with Crippen LogP contribution in [0.25, 0.3) is 0 Å². The first-order valence-electron chi connectivity index (χ1n) is 7.71. The lowest BCUT2D eigenvalue weighted by Gasteiger charge is -2.36. The molecule has 100 valence electrons. The molecular weight excluding hydrogens is 208 g/mol. The number of nitrogens with one attached hydrogen (secondary N) is 1. The standard InChI is InChI=1S/C15H30N2/c1-4-16-12(2)11-13(3)17-10-9-14-7-5-6-8-15(14)17/h12-16H,4-11H2,1-3H3. The average Bonchev–Trinajstić information content (AvgIpc) is 2.72. The molecule has 2 aliphatic rings. The van der Waals surface area contributed by atoms with Crippen LogP contribution >= 0.6 is 0 Å². The molecule has 0 aromatic heterocycles. The van der Waals surface area contributed by atoms with Crippen LogP contribution < -0.4 is 5.32 Å². The molecule has 2 fully saturated rings. The van der Waals surface area contributed by atoms with Crippen molar-refractivity contribution < 1.29 is 0 Å². The second-order valence-electron chi connectivity index (χ2n) is 6.18. The van der Waals surface area contributed by atoms with E-state index >= 15 is 0 Å². The van der Waals surface area contributed by atoms with E-state index in [9.17, 15) is 0 Å². The van der Waals surface area contributed by atoms with Gasteiger partial charge < -0.3 is 5.32 Å². The third kappa shape index (κ3) is 3.23. The van der Waals surface area contributed by atoms with Crippen molar-refractivity contribution in [2.75, 3.05) is 13.1 Å². The molecule has 0 amide bonds. The Balaban J connectivity index is 1.84. The molecule has 1 aliphatic carbocycles. The van der Waals surface area contributed by atoms with E-state index in [4.69, 9.17) is 0 Å². The highest BCUT2D eigenvalue weighted by atomic mass is 15.2. The van der Waals surface area contributed by atoms with Crippen molar-refractivity contribution >= 4 is 0 Å². The van der Waals surface area contributed by atoms with E-state index in [0.717, 1.165) is 24.5 Å². The first-order valence-corrected chi connectivity index (χ1v) is 7.71. The van der Waals surface area contributed by atoms with Gasteiger partial charge in [0, 0.05) is 18.1 Å². The van der Waals surface area contributed by atoms with Gasteiger partial charge in [-0.15, -0.1) is 0 Å². The molecule has 1 aliphatic heterocycles. The first kappa shape index (κ1) is 13.4. The molecule has 2 heteroatoms. The average molecular weight is 238 g/mol. The molecule has 1 heterocycles. The zero-order chi connectivity index (χ0) is 12.3. The van der Waals surface area contributed by atoms with Gasteiger partial charge in [-0.3, -0.25) is 4.90 Å². The van der Waals surface area contributed by atoms with Crippen LogP contribution in [0, 0.1) is 5.92 Å². The zero-order valence-electron chi connectivity index (χ0n) is 11.9. The number of hydrogen-bond acceptors (Lipinski definition) is 2. The fourth-order valence-corrected chi connectivity index (χ4v) is 4.07. The van der Waals surface area contributed by atoms with Crippen LogP contribution in [-0.4, -0.2) is 36.1 Å². The van der Waals surface area contributed by atoms with Crippen LogP contribution in [0.1, 0.15) is 59.3 Å². The highest BCUT2D eigenvalue weighted by Gasteiger charge is 2.37. The SMILES string of the molecule is CCNC(C)CC(C)N1CCC2CCCCC21. The van der Waals surface area contributed by atoms with Crippen LogP contribution in [0.15, 0.2) is 0 Å². The first-order chi connectivity index (χ1) is 8.22. The molecule has 4 atom stereocenters. The summed E-state index contributed by atoms with van der Waals surface area (Å²) in [6.45, 7) is 9.42. The highest BCUT2D eigenvalue weighted by Crippen LogP contribution is 2.37. The molecule has 17 heavy (non-hydrogen) atoms. The zero-order valence-corrected chi connectivity index (χ0v) is 11.9. The van der Waals surface area contributed by atoms with Crippen molar-refractivity contribution in [1.29, 1.82) is 0 Å². The van der Waals surface area contributed by atoms with Crippen molar-refractivity contribution in [3.63, 3.8) is 0 Å². The van der Waals surface area contributed by atoms with Gasteiger partial charge in [-0.1, -0.05) is 19.8 Å². The summed E-state index contributed by atoms with van der Waals surface area (Å²) in [5, 5.41) is 3.55. The molecular formula is C15H30N2. The summed E-state index contributed by atoms with van der Waals surface area (Å²) in [7, 11) is 0. The Kier molecular flexibility index (Phi) is 4.87. The van der Waals surface area contributed by atoms with Crippen molar-refractivity contribution in [2.24, 2.45) is 5.92 Å². The molecule has 0 aromatic carbocycles. The lowest BCUT2D eigenvalue weighted by atomic mass is 9.85. The van der Waals surface area contributed by atoms with E-state index < -0.39 is 0 Å². The van der Waals surface area contributed by atoms with Gasteiger partial charge in [0.2, 0.25) is 0 Å². The number of likely N-dealkylation sites (tertiary alicyclic amines) is 1. The molecule has 0 radical (unpaired) electrons. The molecule has 1 N–H and O–H groups in total. The van der Waals surface area contributed by atoms with Gasteiger partial charge in [0.1, 0.15) is 0 Å². The minimum Gasteiger partial charge on any atom is -0.314 e. The fourth-order valence-electron chi connectivity index (χ4n) is 4.07. The van der Waals surface area contributed by atoms with Gasteiger partial charge in [-0.25, -0.2) is 0 Å². The topological polar surface area (TPSA) is 15.3 Å². The summed E-state index contributed by atoms with van der Waals surface area (Å²) in [5.41, 5.74) is 0. The Bertz CT molecular complexity index is 229. The Labute approximate surface area is 107 Å². The summed E-state index contributed by atoms with van der Waals surface area (Å²) in [4.78, 5) is 2.82. The summed E-state index contributed by atoms with van der Waals surface area (Å²) < 4.78 is 0. The Hall–Kier alpha value is -0.0800. The molecule has 2 rings (SSSR count). The smallest absolute Gasteiger partial charge is 0.0127 e. The lowest BCUT2D eigenvalue weighted by molar-refractivity contribution is 0.129. The van der Waals surface area contributed by atoms with E-state index in [1.54, 1.807) is 0 Å². The summed E-state index contributed by atoms with van der Waals surface area (Å²) in [6.07, 6.45) is 8.67.